The van der Waals surface area contributed by atoms with Gasteiger partial charge in [0.1, 0.15) is 0 Å². The lowest BCUT2D eigenvalue weighted by Gasteiger charge is -2.17. The molecule has 0 saturated heterocycles. The maximum Gasteiger partial charge on any atom is 0.243 e. The van der Waals surface area contributed by atoms with Gasteiger partial charge in [-0.05, 0) is 41.5 Å². The second kappa shape index (κ2) is 8.53. The molecule has 0 heterocycles. The van der Waals surface area contributed by atoms with Gasteiger partial charge in [0.15, 0.2) is 0 Å². The van der Waals surface area contributed by atoms with Crippen LogP contribution in [0.3, 0.4) is 0 Å². The van der Waals surface area contributed by atoms with Crippen molar-refractivity contribution in [3.8, 4) is 0 Å². The number of para-hydroxylation sites is 2. The third-order valence-corrected chi connectivity index (χ3v) is 4.29. The number of aryl methyl sites for hydroxylation is 2. The molecule has 3 heteroatoms. The third-order valence-electron chi connectivity index (χ3n) is 4.29. The molecule has 0 spiro atoms. The molecule has 128 valence electrons. The Labute approximate surface area is 145 Å². The van der Waals surface area contributed by atoms with E-state index in [-0.39, 0.29) is 12.5 Å². The Morgan fingerprint density at radius 1 is 0.958 bits per heavy atom. The highest BCUT2D eigenvalue weighted by molar-refractivity contribution is 5.95. The van der Waals surface area contributed by atoms with E-state index in [9.17, 15) is 4.79 Å². The summed E-state index contributed by atoms with van der Waals surface area (Å²) in [7, 11) is 0. The number of hydrogen-bond acceptors (Lipinski definition) is 2. The molecule has 2 aromatic carbocycles. The first-order valence-corrected chi connectivity index (χ1v) is 8.80. The van der Waals surface area contributed by atoms with Crippen LogP contribution in [0.25, 0.3) is 0 Å². The van der Waals surface area contributed by atoms with Gasteiger partial charge < -0.3 is 10.6 Å². The summed E-state index contributed by atoms with van der Waals surface area (Å²) in [5.74, 6) is 0.411. The SMILES string of the molecule is CCc1cccc(CC)c1NC(=O)CNc1ccccc1C(C)C. The molecule has 0 unspecified atom stereocenters. The van der Waals surface area contributed by atoms with Crippen LogP contribution < -0.4 is 10.6 Å². The van der Waals surface area contributed by atoms with Crippen molar-refractivity contribution in [3.05, 3.63) is 59.2 Å². The van der Waals surface area contributed by atoms with Crippen molar-refractivity contribution in [2.45, 2.75) is 46.5 Å². The molecule has 0 saturated carbocycles. The molecule has 0 aromatic heterocycles. The fraction of sp³-hybridized carbons (Fsp3) is 0.381. The zero-order valence-electron chi connectivity index (χ0n) is 15.1. The van der Waals surface area contributed by atoms with E-state index < -0.39 is 0 Å². The monoisotopic (exact) mass is 324 g/mol. The molecular weight excluding hydrogens is 296 g/mol. The Bertz CT molecular complexity index is 670. The van der Waals surface area contributed by atoms with Gasteiger partial charge in [0.25, 0.3) is 0 Å². The second-order valence-corrected chi connectivity index (χ2v) is 6.30. The second-order valence-electron chi connectivity index (χ2n) is 6.30. The lowest BCUT2D eigenvalue weighted by Crippen LogP contribution is -2.23. The van der Waals surface area contributed by atoms with Gasteiger partial charge in [-0.3, -0.25) is 4.79 Å². The summed E-state index contributed by atoms with van der Waals surface area (Å²) in [5.41, 5.74) is 5.61. The number of hydrogen-bond donors (Lipinski definition) is 2. The van der Waals surface area contributed by atoms with Gasteiger partial charge in [-0.25, -0.2) is 0 Å². The highest BCUT2D eigenvalue weighted by Crippen LogP contribution is 2.24. The summed E-state index contributed by atoms with van der Waals surface area (Å²) >= 11 is 0. The van der Waals surface area contributed by atoms with Gasteiger partial charge in [0, 0.05) is 11.4 Å². The van der Waals surface area contributed by atoms with Crippen molar-refractivity contribution < 1.29 is 4.79 Å². The van der Waals surface area contributed by atoms with Crippen LogP contribution in [-0.4, -0.2) is 12.5 Å². The van der Waals surface area contributed by atoms with Crippen molar-refractivity contribution >= 4 is 17.3 Å². The molecule has 0 fully saturated rings. The zero-order chi connectivity index (χ0) is 17.5. The van der Waals surface area contributed by atoms with E-state index in [0.717, 1.165) is 24.2 Å². The van der Waals surface area contributed by atoms with Crippen LogP contribution in [-0.2, 0) is 17.6 Å². The minimum Gasteiger partial charge on any atom is -0.376 e. The average molecular weight is 324 g/mol. The number of nitrogens with one attached hydrogen (secondary N) is 2. The van der Waals surface area contributed by atoms with E-state index in [1.165, 1.54) is 16.7 Å². The maximum absolute atomic E-state index is 12.4. The Balaban J connectivity index is 2.08. The number of carbonyl (C=O) groups excluding carboxylic acids is 1. The minimum absolute atomic E-state index is 0.0100. The third kappa shape index (κ3) is 4.38. The van der Waals surface area contributed by atoms with E-state index in [1.807, 2.05) is 18.2 Å². The molecule has 2 aromatic rings. The Kier molecular flexibility index (Phi) is 6.42. The van der Waals surface area contributed by atoms with Crippen LogP contribution in [0, 0.1) is 0 Å². The molecule has 0 aliphatic rings. The predicted molar refractivity (Wildman–Crippen MR) is 103 cm³/mol. The lowest BCUT2D eigenvalue weighted by atomic mass is 10.0. The van der Waals surface area contributed by atoms with Crippen LogP contribution >= 0.6 is 0 Å². The van der Waals surface area contributed by atoms with Crippen molar-refractivity contribution in [1.29, 1.82) is 0 Å². The minimum atomic E-state index is -0.0100. The summed E-state index contributed by atoms with van der Waals surface area (Å²) in [6, 6.07) is 14.4. The Morgan fingerprint density at radius 3 is 2.17 bits per heavy atom. The first kappa shape index (κ1) is 18.1. The summed E-state index contributed by atoms with van der Waals surface area (Å²) in [6.45, 7) is 8.81. The van der Waals surface area contributed by atoms with Gasteiger partial charge >= 0.3 is 0 Å². The van der Waals surface area contributed by atoms with Crippen LogP contribution in [0.5, 0.6) is 0 Å². The molecule has 0 bridgehead atoms. The van der Waals surface area contributed by atoms with Gasteiger partial charge in [0.05, 0.1) is 6.54 Å². The van der Waals surface area contributed by atoms with E-state index in [1.54, 1.807) is 0 Å². The summed E-state index contributed by atoms with van der Waals surface area (Å²) < 4.78 is 0. The molecular formula is C21H28N2O. The topological polar surface area (TPSA) is 41.1 Å². The molecule has 3 nitrogen and oxygen atoms in total. The molecule has 2 N–H and O–H groups in total. The first-order valence-electron chi connectivity index (χ1n) is 8.80. The number of benzene rings is 2. The molecule has 1 amide bonds. The number of amides is 1. The van der Waals surface area contributed by atoms with E-state index in [4.69, 9.17) is 0 Å². The van der Waals surface area contributed by atoms with Crippen LogP contribution in [0.2, 0.25) is 0 Å². The Hall–Kier alpha value is -2.29. The molecule has 2 rings (SSSR count). The number of carbonyl (C=O) groups is 1. The van der Waals surface area contributed by atoms with Crippen molar-refractivity contribution in [1.82, 2.24) is 0 Å². The Morgan fingerprint density at radius 2 is 1.58 bits per heavy atom. The van der Waals surface area contributed by atoms with E-state index in [2.05, 4.69) is 62.6 Å². The van der Waals surface area contributed by atoms with E-state index in [0.29, 0.717) is 5.92 Å². The zero-order valence-corrected chi connectivity index (χ0v) is 15.1. The van der Waals surface area contributed by atoms with Crippen molar-refractivity contribution in [2.75, 3.05) is 17.2 Å². The quantitative estimate of drug-likeness (QED) is 0.753. The predicted octanol–water partition coefficient (Wildman–Crippen LogP) is 4.99. The average Bonchev–Trinajstić information content (AvgIpc) is 2.60. The number of anilines is 2. The largest absolute Gasteiger partial charge is 0.376 e. The molecule has 0 radical (unpaired) electrons. The van der Waals surface area contributed by atoms with Gasteiger partial charge in [0.2, 0.25) is 5.91 Å². The molecule has 0 aliphatic heterocycles. The first-order chi connectivity index (χ1) is 11.6. The summed E-state index contributed by atoms with van der Waals surface area (Å²) in [4.78, 5) is 12.4. The van der Waals surface area contributed by atoms with E-state index >= 15 is 0 Å². The van der Waals surface area contributed by atoms with Gasteiger partial charge in [-0.2, -0.15) is 0 Å². The molecule has 24 heavy (non-hydrogen) atoms. The fourth-order valence-corrected chi connectivity index (χ4v) is 2.92. The summed E-state index contributed by atoms with van der Waals surface area (Å²) in [5, 5.41) is 6.38. The van der Waals surface area contributed by atoms with Crippen LogP contribution in [0.4, 0.5) is 11.4 Å². The highest BCUT2D eigenvalue weighted by atomic mass is 16.1. The summed E-state index contributed by atoms with van der Waals surface area (Å²) in [6.07, 6.45) is 1.82. The van der Waals surface area contributed by atoms with Gasteiger partial charge in [-0.15, -0.1) is 0 Å². The lowest BCUT2D eigenvalue weighted by molar-refractivity contribution is -0.114. The molecule has 0 atom stereocenters. The van der Waals surface area contributed by atoms with Crippen LogP contribution in [0.15, 0.2) is 42.5 Å². The van der Waals surface area contributed by atoms with Crippen molar-refractivity contribution in [2.24, 2.45) is 0 Å². The highest BCUT2D eigenvalue weighted by Gasteiger charge is 2.11. The standard InChI is InChI=1S/C21H28N2O/c1-5-16-10-9-11-17(6-2)21(16)23-20(24)14-22-19-13-8-7-12-18(19)15(3)4/h7-13,15,22H,5-6,14H2,1-4H3,(H,23,24). The fourth-order valence-electron chi connectivity index (χ4n) is 2.92. The molecule has 0 aliphatic carbocycles. The normalized spacial score (nSPS) is 10.7. The van der Waals surface area contributed by atoms with Crippen LogP contribution in [0.1, 0.15) is 50.3 Å². The maximum atomic E-state index is 12.4. The van der Waals surface area contributed by atoms with Crippen molar-refractivity contribution in [3.63, 3.8) is 0 Å². The number of rotatable bonds is 7. The smallest absolute Gasteiger partial charge is 0.243 e. The van der Waals surface area contributed by atoms with Gasteiger partial charge in [-0.1, -0.05) is 64.1 Å².